The molecule has 5 unspecified atom stereocenters. The number of aliphatic hydroxyl groups is 1. The predicted molar refractivity (Wildman–Crippen MR) is 74.0 cm³/mol. The maximum atomic E-state index is 12.0. The Morgan fingerprint density at radius 2 is 2.25 bits per heavy atom. The van der Waals surface area contributed by atoms with Crippen LogP contribution in [0.4, 0.5) is 0 Å². The van der Waals surface area contributed by atoms with Crippen LogP contribution in [0.1, 0.15) is 39.0 Å². The van der Waals surface area contributed by atoms with E-state index in [0.29, 0.717) is 13.0 Å². The molecule has 1 aliphatic heterocycles. The van der Waals surface area contributed by atoms with Crippen LogP contribution in [0.2, 0.25) is 0 Å². The van der Waals surface area contributed by atoms with Gasteiger partial charge in [0.05, 0.1) is 18.1 Å². The van der Waals surface area contributed by atoms with Gasteiger partial charge in [-0.05, 0) is 37.7 Å². The van der Waals surface area contributed by atoms with Crippen LogP contribution in [0.5, 0.6) is 0 Å². The summed E-state index contributed by atoms with van der Waals surface area (Å²) in [5.41, 5.74) is -0.141. The number of methoxy groups -OCH3 is 1. The number of esters is 1. The summed E-state index contributed by atoms with van der Waals surface area (Å²) < 4.78 is 10.7. The summed E-state index contributed by atoms with van der Waals surface area (Å²) in [6.45, 7) is 6.60. The SMILES string of the molecule is C=C1CCCC2(C)CC3OC(=O)C(COC)C3CC12O. The maximum Gasteiger partial charge on any atom is 0.311 e. The summed E-state index contributed by atoms with van der Waals surface area (Å²) in [6.07, 6.45) is 4.15. The van der Waals surface area contributed by atoms with E-state index in [4.69, 9.17) is 9.47 Å². The Morgan fingerprint density at radius 1 is 1.50 bits per heavy atom. The molecule has 2 saturated carbocycles. The van der Waals surface area contributed by atoms with Crippen molar-refractivity contribution in [2.75, 3.05) is 13.7 Å². The van der Waals surface area contributed by atoms with Gasteiger partial charge in [-0.25, -0.2) is 0 Å². The largest absolute Gasteiger partial charge is 0.462 e. The first-order valence-electron chi connectivity index (χ1n) is 7.51. The van der Waals surface area contributed by atoms with E-state index in [2.05, 4.69) is 13.5 Å². The summed E-state index contributed by atoms with van der Waals surface area (Å²) in [7, 11) is 1.60. The first kappa shape index (κ1) is 14.1. The Morgan fingerprint density at radius 3 is 2.95 bits per heavy atom. The van der Waals surface area contributed by atoms with Crippen LogP contribution < -0.4 is 0 Å². The van der Waals surface area contributed by atoms with Gasteiger partial charge in [-0.2, -0.15) is 0 Å². The second-order valence-corrected chi connectivity index (χ2v) is 6.99. The number of hydrogen-bond acceptors (Lipinski definition) is 4. The fraction of sp³-hybridized carbons (Fsp3) is 0.812. The van der Waals surface area contributed by atoms with E-state index in [1.807, 2.05) is 0 Å². The number of rotatable bonds is 2. The van der Waals surface area contributed by atoms with Gasteiger partial charge in [0.15, 0.2) is 0 Å². The van der Waals surface area contributed by atoms with Crippen molar-refractivity contribution in [1.29, 1.82) is 0 Å². The molecule has 3 rings (SSSR count). The zero-order chi connectivity index (χ0) is 14.5. The van der Waals surface area contributed by atoms with E-state index < -0.39 is 5.60 Å². The molecule has 1 saturated heterocycles. The topological polar surface area (TPSA) is 55.8 Å². The average molecular weight is 280 g/mol. The second-order valence-electron chi connectivity index (χ2n) is 6.99. The van der Waals surface area contributed by atoms with Gasteiger partial charge >= 0.3 is 5.97 Å². The molecular weight excluding hydrogens is 256 g/mol. The molecule has 112 valence electrons. The molecule has 5 atom stereocenters. The summed E-state index contributed by atoms with van der Waals surface area (Å²) in [5.74, 6) is -0.359. The molecular formula is C16H24O4. The lowest BCUT2D eigenvalue weighted by atomic mass is 9.52. The lowest BCUT2D eigenvalue weighted by molar-refractivity contribution is -0.155. The molecule has 0 aromatic rings. The summed E-state index contributed by atoms with van der Waals surface area (Å²) in [5, 5.41) is 11.2. The number of carbonyl (C=O) groups excluding carboxylic acids is 1. The third kappa shape index (κ3) is 1.77. The minimum absolute atomic E-state index is 0.0513. The Bertz CT molecular complexity index is 446. The van der Waals surface area contributed by atoms with Gasteiger partial charge in [-0.15, -0.1) is 0 Å². The van der Waals surface area contributed by atoms with E-state index in [1.54, 1.807) is 7.11 Å². The summed E-state index contributed by atoms with van der Waals surface area (Å²) >= 11 is 0. The van der Waals surface area contributed by atoms with Crippen molar-refractivity contribution >= 4 is 5.97 Å². The minimum Gasteiger partial charge on any atom is -0.462 e. The van der Waals surface area contributed by atoms with Crippen LogP contribution in [0.3, 0.4) is 0 Å². The van der Waals surface area contributed by atoms with E-state index in [0.717, 1.165) is 31.3 Å². The van der Waals surface area contributed by atoms with Crippen molar-refractivity contribution < 1.29 is 19.4 Å². The Hall–Kier alpha value is -0.870. The second kappa shape index (κ2) is 4.57. The van der Waals surface area contributed by atoms with E-state index in [1.165, 1.54) is 0 Å². The van der Waals surface area contributed by atoms with Crippen LogP contribution in [0, 0.1) is 17.3 Å². The van der Waals surface area contributed by atoms with Gasteiger partial charge in [0.2, 0.25) is 0 Å². The van der Waals surface area contributed by atoms with Crippen molar-refractivity contribution in [3.63, 3.8) is 0 Å². The van der Waals surface area contributed by atoms with Gasteiger partial charge in [0.1, 0.15) is 6.10 Å². The third-order valence-electron chi connectivity index (χ3n) is 5.88. The molecule has 3 fully saturated rings. The molecule has 0 radical (unpaired) electrons. The highest BCUT2D eigenvalue weighted by molar-refractivity contribution is 5.75. The molecule has 0 bridgehead atoms. The van der Waals surface area contributed by atoms with Gasteiger partial charge in [0.25, 0.3) is 0 Å². The van der Waals surface area contributed by atoms with Gasteiger partial charge in [0, 0.05) is 18.4 Å². The van der Waals surface area contributed by atoms with Crippen molar-refractivity contribution in [3.05, 3.63) is 12.2 Å². The number of carbonyl (C=O) groups is 1. The standard InChI is InChI=1S/C16H24O4/c1-10-5-4-6-15(2)8-13-11(7-16(10,15)18)12(9-19-3)14(17)20-13/h11-13,18H,1,4-9H2,2-3H3. The highest BCUT2D eigenvalue weighted by atomic mass is 16.6. The van der Waals surface area contributed by atoms with Crippen LogP contribution in [-0.4, -0.2) is 36.5 Å². The van der Waals surface area contributed by atoms with Crippen molar-refractivity contribution in [2.45, 2.75) is 50.7 Å². The highest BCUT2D eigenvalue weighted by Gasteiger charge is 2.61. The Kier molecular flexibility index (Phi) is 3.22. The Labute approximate surface area is 120 Å². The molecule has 1 heterocycles. The average Bonchev–Trinajstić information content (AvgIpc) is 2.65. The van der Waals surface area contributed by atoms with E-state index in [9.17, 15) is 9.90 Å². The lowest BCUT2D eigenvalue weighted by Gasteiger charge is -2.55. The zero-order valence-corrected chi connectivity index (χ0v) is 12.4. The fourth-order valence-corrected chi connectivity index (χ4v) is 4.57. The number of ether oxygens (including phenoxy) is 2. The zero-order valence-electron chi connectivity index (χ0n) is 12.4. The van der Waals surface area contributed by atoms with Crippen molar-refractivity contribution in [3.8, 4) is 0 Å². The van der Waals surface area contributed by atoms with Gasteiger partial charge in [-0.3, -0.25) is 4.79 Å². The van der Waals surface area contributed by atoms with Crippen molar-refractivity contribution in [1.82, 2.24) is 0 Å². The smallest absolute Gasteiger partial charge is 0.311 e. The molecule has 2 aliphatic carbocycles. The highest BCUT2D eigenvalue weighted by Crippen LogP contribution is 2.59. The summed E-state index contributed by atoms with van der Waals surface area (Å²) in [6, 6.07) is 0. The first-order valence-corrected chi connectivity index (χ1v) is 7.51. The molecule has 20 heavy (non-hydrogen) atoms. The third-order valence-corrected chi connectivity index (χ3v) is 5.88. The molecule has 0 aromatic heterocycles. The van der Waals surface area contributed by atoms with Crippen LogP contribution in [-0.2, 0) is 14.3 Å². The summed E-state index contributed by atoms with van der Waals surface area (Å²) in [4.78, 5) is 12.0. The van der Waals surface area contributed by atoms with Crippen LogP contribution >= 0.6 is 0 Å². The molecule has 0 amide bonds. The first-order chi connectivity index (χ1) is 9.41. The predicted octanol–water partition coefficient (Wildman–Crippen LogP) is 2.06. The van der Waals surface area contributed by atoms with Crippen molar-refractivity contribution in [2.24, 2.45) is 17.3 Å². The molecule has 0 aromatic carbocycles. The molecule has 4 nitrogen and oxygen atoms in total. The molecule has 4 heteroatoms. The molecule has 0 spiro atoms. The van der Waals surface area contributed by atoms with Crippen LogP contribution in [0.15, 0.2) is 12.2 Å². The minimum atomic E-state index is -0.855. The monoisotopic (exact) mass is 280 g/mol. The molecule has 1 N–H and O–H groups in total. The van der Waals surface area contributed by atoms with Crippen LogP contribution in [0.25, 0.3) is 0 Å². The van der Waals surface area contributed by atoms with Gasteiger partial charge in [-0.1, -0.05) is 13.5 Å². The van der Waals surface area contributed by atoms with E-state index >= 15 is 0 Å². The number of fused-ring (bicyclic) bond motifs is 2. The quantitative estimate of drug-likeness (QED) is 0.621. The van der Waals surface area contributed by atoms with Gasteiger partial charge < -0.3 is 14.6 Å². The van der Waals surface area contributed by atoms with E-state index in [-0.39, 0.29) is 29.3 Å². The molecule has 3 aliphatic rings. The fourth-order valence-electron chi connectivity index (χ4n) is 4.57. The number of hydrogen-bond donors (Lipinski definition) is 1. The maximum absolute atomic E-state index is 12.0. The normalized spacial score (nSPS) is 47.6. The Balaban J connectivity index is 1.92. The lowest BCUT2D eigenvalue weighted by Crippen LogP contribution is -2.57.